The molecule has 8 heteroatoms. The summed E-state index contributed by atoms with van der Waals surface area (Å²) >= 11 is 8.20. The molecule has 0 unspecified atom stereocenters. The molecule has 0 aliphatic heterocycles. The molecule has 0 heterocycles. The van der Waals surface area contributed by atoms with Gasteiger partial charge in [0.1, 0.15) is 5.75 Å². The molecular weight excluding hydrogens is 324 g/mol. The number of carboxylic acids is 1. The van der Waals surface area contributed by atoms with Crippen LogP contribution in [0.1, 0.15) is 0 Å². The first-order valence-corrected chi connectivity index (χ1v) is 7.60. The molecule has 1 aromatic carbocycles. The van der Waals surface area contributed by atoms with Gasteiger partial charge in [0.05, 0.1) is 24.7 Å². The standard InChI is InChI=1S/C8H6BrClO5S/c9-16(13,14)5-1-2-7(6(10)3-5)15-4-8(11)12/h1-3H,4H2,(H,11,12). The SMILES string of the molecule is O=C(O)COc1ccc(S(=O)(=O)Br)cc1Cl. The zero-order valence-corrected chi connectivity index (χ0v) is 10.8. The quantitative estimate of drug-likeness (QED) is 0.853. The number of carbonyl (C=O) groups is 1. The van der Waals surface area contributed by atoms with Crippen LogP contribution in [-0.2, 0) is 13.1 Å². The summed E-state index contributed by atoms with van der Waals surface area (Å²) in [6, 6.07) is 3.72. The van der Waals surface area contributed by atoms with Crippen molar-refractivity contribution in [2.75, 3.05) is 6.61 Å². The van der Waals surface area contributed by atoms with Gasteiger partial charge in [-0.3, -0.25) is 0 Å². The monoisotopic (exact) mass is 328 g/mol. The van der Waals surface area contributed by atoms with Crippen molar-refractivity contribution < 1.29 is 23.1 Å². The number of benzene rings is 1. The number of hydrogen-bond donors (Lipinski definition) is 1. The van der Waals surface area contributed by atoms with Gasteiger partial charge in [-0.05, 0) is 18.2 Å². The second-order valence-corrected chi connectivity index (χ2v) is 7.02. The summed E-state index contributed by atoms with van der Waals surface area (Å²) in [5.74, 6) is -1.03. The molecule has 16 heavy (non-hydrogen) atoms. The molecule has 0 aliphatic rings. The Balaban J connectivity index is 2.96. The molecule has 1 N–H and O–H groups in total. The zero-order valence-electron chi connectivity index (χ0n) is 7.68. The largest absolute Gasteiger partial charge is 0.480 e. The van der Waals surface area contributed by atoms with E-state index in [1.165, 1.54) is 18.2 Å². The zero-order chi connectivity index (χ0) is 12.3. The summed E-state index contributed by atoms with van der Waals surface area (Å²) in [6.07, 6.45) is 0. The van der Waals surface area contributed by atoms with E-state index in [1.54, 1.807) is 0 Å². The van der Waals surface area contributed by atoms with Crippen LogP contribution in [0.4, 0.5) is 0 Å². The van der Waals surface area contributed by atoms with Gasteiger partial charge in [-0.1, -0.05) is 11.6 Å². The second-order valence-electron chi connectivity index (χ2n) is 2.71. The summed E-state index contributed by atoms with van der Waals surface area (Å²) in [7, 11) is -3.52. The molecule has 0 radical (unpaired) electrons. The summed E-state index contributed by atoms with van der Waals surface area (Å²) in [6.45, 7) is -0.542. The van der Waals surface area contributed by atoms with E-state index in [-0.39, 0.29) is 15.7 Å². The third kappa shape index (κ3) is 3.66. The van der Waals surface area contributed by atoms with Crippen molar-refractivity contribution in [3.63, 3.8) is 0 Å². The van der Waals surface area contributed by atoms with E-state index >= 15 is 0 Å². The lowest BCUT2D eigenvalue weighted by molar-refractivity contribution is -0.139. The minimum absolute atomic E-state index is 0.0276. The maximum absolute atomic E-state index is 11.1. The van der Waals surface area contributed by atoms with Crippen molar-refractivity contribution >= 4 is 40.7 Å². The second kappa shape index (κ2) is 5.03. The Labute approximate surface area is 104 Å². The van der Waals surface area contributed by atoms with Crippen LogP contribution in [0.5, 0.6) is 5.75 Å². The van der Waals surface area contributed by atoms with Gasteiger partial charge in [0, 0.05) is 0 Å². The van der Waals surface area contributed by atoms with Crippen LogP contribution in [0.2, 0.25) is 5.02 Å². The van der Waals surface area contributed by atoms with Crippen molar-refractivity contribution in [2.45, 2.75) is 4.90 Å². The van der Waals surface area contributed by atoms with Gasteiger partial charge >= 0.3 is 5.97 Å². The first kappa shape index (κ1) is 13.3. The Kier molecular flexibility index (Phi) is 4.17. The highest BCUT2D eigenvalue weighted by Crippen LogP contribution is 2.29. The van der Waals surface area contributed by atoms with Gasteiger partial charge in [-0.25, -0.2) is 13.2 Å². The molecule has 1 rings (SSSR count). The first-order chi connectivity index (χ1) is 7.30. The van der Waals surface area contributed by atoms with Crippen molar-refractivity contribution in [3.05, 3.63) is 23.2 Å². The molecule has 0 atom stereocenters. The molecule has 0 aliphatic carbocycles. The summed E-state index contributed by atoms with van der Waals surface area (Å²) in [4.78, 5) is 10.2. The molecule has 0 saturated carbocycles. The summed E-state index contributed by atoms with van der Waals surface area (Å²) in [5, 5.41) is 8.41. The van der Waals surface area contributed by atoms with Crippen LogP contribution in [-0.4, -0.2) is 26.1 Å². The van der Waals surface area contributed by atoms with E-state index in [0.717, 1.165) is 0 Å². The fraction of sp³-hybridized carbons (Fsp3) is 0.125. The number of halogens is 2. The topological polar surface area (TPSA) is 80.7 Å². The van der Waals surface area contributed by atoms with Gasteiger partial charge in [-0.2, -0.15) is 0 Å². The Morgan fingerprint density at radius 2 is 2.12 bits per heavy atom. The average Bonchev–Trinajstić information content (AvgIpc) is 2.14. The average molecular weight is 330 g/mol. The first-order valence-electron chi connectivity index (χ1n) is 3.89. The number of ether oxygens (including phenoxy) is 1. The molecule has 0 bridgehead atoms. The maximum atomic E-state index is 11.1. The molecule has 0 aromatic heterocycles. The fourth-order valence-corrected chi connectivity index (χ4v) is 2.28. The Morgan fingerprint density at radius 3 is 2.56 bits per heavy atom. The van der Waals surface area contributed by atoms with Crippen LogP contribution in [0.15, 0.2) is 23.1 Å². The Morgan fingerprint density at radius 1 is 1.50 bits per heavy atom. The number of rotatable bonds is 4. The molecule has 88 valence electrons. The third-order valence-electron chi connectivity index (χ3n) is 1.54. The highest BCUT2D eigenvalue weighted by Gasteiger charge is 2.12. The van der Waals surface area contributed by atoms with Gasteiger partial charge < -0.3 is 9.84 Å². The van der Waals surface area contributed by atoms with Crippen LogP contribution in [0.3, 0.4) is 0 Å². The number of carboxylic acid groups (broad SMARTS) is 1. The van der Waals surface area contributed by atoms with Crippen LogP contribution < -0.4 is 4.74 Å². The molecule has 0 fully saturated rings. The normalized spacial score (nSPS) is 11.1. The van der Waals surface area contributed by atoms with E-state index in [1.807, 2.05) is 0 Å². The highest BCUT2D eigenvalue weighted by atomic mass is 79.9. The van der Waals surface area contributed by atoms with Crippen molar-refractivity contribution in [2.24, 2.45) is 0 Å². The summed E-state index contributed by atoms with van der Waals surface area (Å²) in [5.41, 5.74) is 0. The number of aliphatic carboxylic acids is 1. The third-order valence-corrected chi connectivity index (χ3v) is 3.77. The lowest BCUT2D eigenvalue weighted by Crippen LogP contribution is -2.09. The van der Waals surface area contributed by atoms with E-state index in [2.05, 4.69) is 14.8 Å². The van der Waals surface area contributed by atoms with Crippen molar-refractivity contribution in [3.8, 4) is 5.75 Å². The Hall–Kier alpha value is -0.790. The molecule has 0 amide bonds. The summed E-state index contributed by atoms with van der Waals surface area (Å²) < 4.78 is 27.0. The lowest BCUT2D eigenvalue weighted by atomic mass is 10.3. The lowest BCUT2D eigenvalue weighted by Gasteiger charge is -2.06. The van der Waals surface area contributed by atoms with E-state index in [4.69, 9.17) is 21.4 Å². The predicted octanol–water partition coefficient (Wildman–Crippen LogP) is 1.89. The van der Waals surface area contributed by atoms with Gasteiger partial charge in [0.25, 0.3) is 0 Å². The minimum Gasteiger partial charge on any atom is -0.480 e. The molecule has 0 saturated heterocycles. The fourth-order valence-electron chi connectivity index (χ4n) is 0.890. The molecule has 1 aromatic rings. The highest BCUT2D eigenvalue weighted by molar-refractivity contribution is 9.47. The van der Waals surface area contributed by atoms with E-state index in [0.29, 0.717) is 0 Å². The smallest absolute Gasteiger partial charge is 0.341 e. The van der Waals surface area contributed by atoms with Crippen LogP contribution >= 0.6 is 26.4 Å². The van der Waals surface area contributed by atoms with Crippen LogP contribution in [0.25, 0.3) is 0 Å². The van der Waals surface area contributed by atoms with Gasteiger partial charge in [-0.15, -0.1) is 0 Å². The van der Waals surface area contributed by atoms with E-state index < -0.39 is 20.8 Å². The Bertz CT molecular complexity index is 513. The van der Waals surface area contributed by atoms with Crippen molar-refractivity contribution in [1.82, 2.24) is 0 Å². The van der Waals surface area contributed by atoms with Gasteiger partial charge in [0.2, 0.25) is 8.27 Å². The molecule has 0 spiro atoms. The predicted molar refractivity (Wildman–Crippen MR) is 60.7 cm³/mol. The minimum atomic E-state index is -3.52. The van der Waals surface area contributed by atoms with Crippen molar-refractivity contribution in [1.29, 1.82) is 0 Å². The van der Waals surface area contributed by atoms with Crippen LogP contribution in [0, 0.1) is 0 Å². The molecular formula is C8H6BrClO5S. The van der Waals surface area contributed by atoms with Gasteiger partial charge in [0.15, 0.2) is 6.61 Å². The maximum Gasteiger partial charge on any atom is 0.341 e. The molecule has 5 nitrogen and oxygen atoms in total. The van der Waals surface area contributed by atoms with E-state index in [9.17, 15) is 13.2 Å². The number of hydrogen-bond acceptors (Lipinski definition) is 4.